The summed E-state index contributed by atoms with van der Waals surface area (Å²) in [6.07, 6.45) is 0. The molecule has 3 aliphatic heterocycles. The van der Waals surface area contributed by atoms with Gasteiger partial charge in [0.05, 0.1) is 18.4 Å². The van der Waals surface area contributed by atoms with Gasteiger partial charge in [-0.1, -0.05) is 48.5 Å². The maximum Gasteiger partial charge on any atom is 0.252 e. The lowest BCUT2D eigenvalue weighted by molar-refractivity contribution is -0.143. The normalized spacial score (nSPS) is 31.1. The third kappa shape index (κ3) is 1.98. The molecule has 0 radical (unpaired) electrons. The van der Waals surface area contributed by atoms with E-state index in [1.807, 2.05) is 61.5 Å². The van der Waals surface area contributed by atoms with Crippen LogP contribution in [0.3, 0.4) is 0 Å². The molecule has 4 atom stereocenters. The first-order chi connectivity index (χ1) is 13.5. The summed E-state index contributed by atoms with van der Waals surface area (Å²) in [5, 5.41) is 3.35. The minimum atomic E-state index is -1.17. The van der Waals surface area contributed by atoms with Crippen molar-refractivity contribution in [1.82, 2.24) is 10.2 Å². The van der Waals surface area contributed by atoms with Crippen molar-refractivity contribution in [3.05, 3.63) is 65.7 Å². The van der Waals surface area contributed by atoms with Gasteiger partial charge in [-0.2, -0.15) is 0 Å². The number of likely N-dealkylation sites (N-methyl/N-ethyl adjacent to an activating group) is 1. The molecule has 4 unspecified atom stereocenters. The number of nitrogens with zero attached hydrogens (tertiary/aromatic N) is 2. The number of hydrogen-bond acceptors (Lipinski definition) is 4. The van der Waals surface area contributed by atoms with Gasteiger partial charge in [-0.3, -0.25) is 24.6 Å². The summed E-state index contributed by atoms with van der Waals surface area (Å²) in [6, 6.07) is 16.7. The lowest BCUT2D eigenvalue weighted by atomic mass is 9.76. The smallest absolute Gasteiger partial charge is 0.252 e. The third-order valence-corrected chi connectivity index (χ3v) is 6.42. The Morgan fingerprint density at radius 1 is 0.964 bits per heavy atom. The quantitative estimate of drug-likeness (QED) is 0.811. The number of carbonyl (C=O) groups excluding carboxylic acids is 3. The number of anilines is 1. The fraction of sp³-hybridized carbons (Fsp3) is 0.318. The number of amides is 3. The van der Waals surface area contributed by atoms with Crippen LogP contribution >= 0.6 is 0 Å². The molecule has 142 valence electrons. The highest BCUT2D eigenvalue weighted by Crippen LogP contribution is 2.54. The molecule has 2 saturated heterocycles. The molecule has 1 spiro atoms. The van der Waals surface area contributed by atoms with E-state index in [1.165, 1.54) is 4.90 Å². The number of likely N-dealkylation sites (tertiary alicyclic amines) is 1. The number of imide groups is 1. The van der Waals surface area contributed by atoms with Crippen LogP contribution in [-0.2, 0) is 26.5 Å². The third-order valence-electron chi connectivity index (χ3n) is 6.42. The van der Waals surface area contributed by atoms with Crippen LogP contribution in [0.15, 0.2) is 54.6 Å². The van der Waals surface area contributed by atoms with Gasteiger partial charge in [0.2, 0.25) is 11.8 Å². The van der Waals surface area contributed by atoms with Crippen molar-refractivity contribution in [1.29, 1.82) is 0 Å². The summed E-state index contributed by atoms with van der Waals surface area (Å²) < 4.78 is 0. The topological polar surface area (TPSA) is 69.7 Å². The average molecular weight is 375 g/mol. The standard InChI is InChI=1S/C22H21N3O3/c1-13-17-18(20(27)25(19(17)26)12-14-8-4-3-5-9-14)22(23-13)15-10-6-7-11-16(15)24(2)21(22)28/h3-11,13,17-18,23H,12H2,1-2H3. The van der Waals surface area contributed by atoms with Crippen LogP contribution in [0.2, 0.25) is 0 Å². The summed E-state index contributed by atoms with van der Waals surface area (Å²) in [7, 11) is 1.72. The number of carbonyl (C=O) groups is 3. The maximum absolute atomic E-state index is 13.5. The minimum Gasteiger partial charge on any atom is -0.313 e. The van der Waals surface area contributed by atoms with Gasteiger partial charge in [-0.15, -0.1) is 0 Å². The molecule has 3 heterocycles. The first-order valence-electron chi connectivity index (χ1n) is 9.51. The predicted octanol–water partition coefficient (Wildman–Crippen LogP) is 1.65. The van der Waals surface area contributed by atoms with E-state index in [1.54, 1.807) is 11.9 Å². The van der Waals surface area contributed by atoms with E-state index in [0.29, 0.717) is 0 Å². The summed E-state index contributed by atoms with van der Waals surface area (Å²) in [5.74, 6) is -1.91. The van der Waals surface area contributed by atoms with Crippen LogP contribution in [0.4, 0.5) is 5.69 Å². The molecular formula is C22H21N3O3. The number of fused-ring (bicyclic) bond motifs is 4. The van der Waals surface area contributed by atoms with E-state index < -0.39 is 17.4 Å². The van der Waals surface area contributed by atoms with E-state index in [0.717, 1.165) is 16.8 Å². The van der Waals surface area contributed by atoms with Crippen molar-refractivity contribution in [2.45, 2.75) is 25.0 Å². The molecule has 6 nitrogen and oxygen atoms in total. The van der Waals surface area contributed by atoms with Crippen LogP contribution in [0, 0.1) is 11.8 Å². The van der Waals surface area contributed by atoms with Gasteiger partial charge in [0.25, 0.3) is 5.91 Å². The van der Waals surface area contributed by atoms with Crippen molar-refractivity contribution in [3.8, 4) is 0 Å². The van der Waals surface area contributed by atoms with Gasteiger partial charge in [0.15, 0.2) is 0 Å². The molecule has 5 rings (SSSR count). The van der Waals surface area contributed by atoms with E-state index in [-0.39, 0.29) is 30.3 Å². The Morgan fingerprint density at radius 3 is 2.39 bits per heavy atom. The minimum absolute atomic E-state index is 0.171. The van der Waals surface area contributed by atoms with E-state index in [9.17, 15) is 14.4 Å². The number of rotatable bonds is 2. The molecule has 2 fully saturated rings. The van der Waals surface area contributed by atoms with Crippen molar-refractivity contribution in [3.63, 3.8) is 0 Å². The number of hydrogen-bond donors (Lipinski definition) is 1. The van der Waals surface area contributed by atoms with Crippen molar-refractivity contribution < 1.29 is 14.4 Å². The predicted molar refractivity (Wildman–Crippen MR) is 103 cm³/mol. The Balaban J connectivity index is 1.61. The number of benzene rings is 2. The first kappa shape index (κ1) is 17.1. The molecule has 1 N–H and O–H groups in total. The Morgan fingerprint density at radius 2 is 1.64 bits per heavy atom. The maximum atomic E-state index is 13.5. The summed E-state index contributed by atoms with van der Waals surface area (Å²) in [5.41, 5.74) is 1.29. The number of para-hydroxylation sites is 1. The van der Waals surface area contributed by atoms with Gasteiger partial charge < -0.3 is 4.90 Å². The zero-order chi connectivity index (χ0) is 19.6. The van der Waals surface area contributed by atoms with Crippen LogP contribution in [-0.4, -0.2) is 35.7 Å². The lowest BCUT2D eigenvalue weighted by Crippen LogP contribution is -2.54. The van der Waals surface area contributed by atoms with Gasteiger partial charge >= 0.3 is 0 Å². The van der Waals surface area contributed by atoms with Gasteiger partial charge in [0, 0.05) is 24.3 Å². The second kappa shape index (κ2) is 5.75. The monoisotopic (exact) mass is 375 g/mol. The molecule has 2 aromatic rings. The molecular weight excluding hydrogens is 354 g/mol. The second-order valence-corrected chi connectivity index (χ2v) is 7.87. The molecule has 0 aromatic heterocycles. The van der Waals surface area contributed by atoms with Crippen molar-refractivity contribution in [2.24, 2.45) is 11.8 Å². The van der Waals surface area contributed by atoms with Gasteiger partial charge in [-0.25, -0.2) is 0 Å². The molecule has 0 bridgehead atoms. The summed E-state index contributed by atoms with van der Waals surface area (Å²) in [4.78, 5) is 43.0. The average Bonchev–Trinajstić information content (AvgIpc) is 3.24. The molecule has 6 heteroatoms. The van der Waals surface area contributed by atoms with Crippen LogP contribution in [0.1, 0.15) is 18.1 Å². The van der Waals surface area contributed by atoms with Crippen molar-refractivity contribution in [2.75, 3.05) is 11.9 Å². The molecule has 0 saturated carbocycles. The highest BCUT2D eigenvalue weighted by molar-refractivity contribution is 6.15. The zero-order valence-electron chi connectivity index (χ0n) is 15.8. The summed E-state index contributed by atoms with van der Waals surface area (Å²) >= 11 is 0. The zero-order valence-corrected chi connectivity index (χ0v) is 15.8. The van der Waals surface area contributed by atoms with Crippen LogP contribution < -0.4 is 10.2 Å². The van der Waals surface area contributed by atoms with Gasteiger partial charge in [0.1, 0.15) is 5.54 Å². The SMILES string of the molecule is CC1NC2(C(=O)N(C)c3ccccc32)C2C(=O)N(Cc3ccccc3)C(=O)C12. The van der Waals surface area contributed by atoms with Crippen LogP contribution in [0.25, 0.3) is 0 Å². The Bertz CT molecular complexity index is 1010. The highest BCUT2D eigenvalue weighted by Gasteiger charge is 2.70. The molecule has 3 aliphatic rings. The Hall–Kier alpha value is -2.99. The van der Waals surface area contributed by atoms with Crippen LogP contribution in [0.5, 0.6) is 0 Å². The fourth-order valence-electron chi connectivity index (χ4n) is 5.20. The van der Waals surface area contributed by atoms with E-state index >= 15 is 0 Å². The number of nitrogens with one attached hydrogen (secondary N) is 1. The van der Waals surface area contributed by atoms with E-state index in [2.05, 4.69) is 5.32 Å². The van der Waals surface area contributed by atoms with Gasteiger partial charge in [-0.05, 0) is 18.6 Å². The Kier molecular flexibility index (Phi) is 3.52. The lowest BCUT2D eigenvalue weighted by Gasteiger charge is -2.29. The largest absolute Gasteiger partial charge is 0.313 e. The molecule has 2 aromatic carbocycles. The fourth-order valence-corrected chi connectivity index (χ4v) is 5.20. The second-order valence-electron chi connectivity index (χ2n) is 7.87. The highest BCUT2D eigenvalue weighted by atomic mass is 16.2. The molecule has 0 aliphatic carbocycles. The molecule has 28 heavy (non-hydrogen) atoms. The Labute approximate surface area is 163 Å². The van der Waals surface area contributed by atoms with Crippen molar-refractivity contribution >= 4 is 23.4 Å². The molecule has 3 amide bonds. The first-order valence-corrected chi connectivity index (χ1v) is 9.51. The summed E-state index contributed by atoms with van der Waals surface area (Å²) in [6.45, 7) is 2.12. The van der Waals surface area contributed by atoms with E-state index in [4.69, 9.17) is 0 Å².